The van der Waals surface area contributed by atoms with Gasteiger partial charge in [-0.15, -0.1) is 0 Å². The molecule has 0 aliphatic rings. The van der Waals surface area contributed by atoms with E-state index in [2.05, 4.69) is 54.4 Å². The fourth-order valence-corrected chi connectivity index (χ4v) is 3.08. The lowest BCUT2D eigenvalue weighted by Crippen LogP contribution is -2.21. The molecule has 0 saturated heterocycles. The number of furan rings is 1. The number of rotatable bonds is 5. The molecule has 3 rings (SSSR count). The number of para-hydroxylation sites is 1. The van der Waals surface area contributed by atoms with Gasteiger partial charge >= 0.3 is 0 Å². The van der Waals surface area contributed by atoms with Crippen molar-refractivity contribution in [1.29, 1.82) is 0 Å². The predicted octanol–water partition coefficient (Wildman–Crippen LogP) is 4.37. The lowest BCUT2D eigenvalue weighted by Gasteiger charge is -2.09. The van der Waals surface area contributed by atoms with Crippen LogP contribution in [0.15, 0.2) is 68.8 Å². The molecule has 0 fully saturated rings. The monoisotopic (exact) mass is 553 g/mol. The summed E-state index contributed by atoms with van der Waals surface area (Å²) in [5, 5.41) is 16.3. The number of benzene rings is 2. The molecule has 1 heterocycles. The van der Waals surface area contributed by atoms with Crippen LogP contribution < -0.4 is 10.7 Å². The Labute approximate surface area is 182 Å². The van der Waals surface area contributed by atoms with E-state index in [1.165, 1.54) is 12.3 Å². The largest absolute Gasteiger partial charge is 0.507 e. The van der Waals surface area contributed by atoms with Gasteiger partial charge in [-0.3, -0.25) is 9.59 Å². The van der Waals surface area contributed by atoms with Gasteiger partial charge < -0.3 is 14.8 Å². The molecular weight excluding hydrogens is 541 g/mol. The van der Waals surface area contributed by atoms with Crippen LogP contribution in [0.2, 0.25) is 0 Å². The number of aromatic hydroxyl groups is 1. The molecule has 142 valence electrons. The quantitative estimate of drug-likeness (QED) is 0.248. The van der Waals surface area contributed by atoms with Crippen LogP contribution in [0, 0.1) is 3.57 Å². The zero-order valence-corrected chi connectivity index (χ0v) is 17.9. The number of carbonyl (C=O) groups excluding carboxylic acids is 2. The Hall–Kier alpha value is -2.66. The van der Waals surface area contributed by atoms with Gasteiger partial charge in [-0.1, -0.05) is 12.1 Å². The summed E-state index contributed by atoms with van der Waals surface area (Å²) >= 11 is 5.24. The van der Waals surface area contributed by atoms with Crippen molar-refractivity contribution in [2.75, 3.05) is 5.32 Å². The SMILES string of the molecule is O=C(Nc1ccccc1C(=O)N/N=C/c1cc(I)ccc1O)c1ccc(Br)o1. The second-order valence-electron chi connectivity index (χ2n) is 5.51. The molecule has 0 radical (unpaired) electrons. The molecule has 3 N–H and O–H groups in total. The number of amides is 2. The normalized spacial score (nSPS) is 10.8. The molecule has 28 heavy (non-hydrogen) atoms. The zero-order chi connectivity index (χ0) is 20.1. The molecule has 0 spiro atoms. The second-order valence-corrected chi connectivity index (χ2v) is 7.53. The topological polar surface area (TPSA) is 104 Å². The standard InChI is InChI=1S/C19H13BrIN3O4/c20-17-8-7-16(28-17)19(27)23-14-4-2-1-3-13(14)18(26)24-22-10-11-9-12(21)5-6-15(11)25/h1-10,25H,(H,23,27)(H,24,26)/b22-10+. The number of phenols is 1. The Bertz CT molecular complexity index is 1060. The zero-order valence-electron chi connectivity index (χ0n) is 14.1. The van der Waals surface area contributed by atoms with Gasteiger partial charge in [-0.2, -0.15) is 5.10 Å². The lowest BCUT2D eigenvalue weighted by molar-refractivity contribution is 0.0956. The van der Waals surface area contributed by atoms with Crippen molar-refractivity contribution in [3.63, 3.8) is 0 Å². The number of halogens is 2. The molecule has 1 aromatic heterocycles. The van der Waals surface area contributed by atoms with Gasteiger partial charge in [-0.05, 0) is 81.0 Å². The average molecular weight is 554 g/mol. The number of hydrogen-bond acceptors (Lipinski definition) is 5. The molecule has 7 nitrogen and oxygen atoms in total. The molecule has 2 aromatic carbocycles. The summed E-state index contributed by atoms with van der Waals surface area (Å²) in [7, 11) is 0. The van der Waals surface area contributed by atoms with E-state index in [0.29, 0.717) is 15.9 Å². The minimum Gasteiger partial charge on any atom is -0.507 e. The number of carbonyl (C=O) groups is 2. The predicted molar refractivity (Wildman–Crippen MR) is 117 cm³/mol. The second kappa shape index (κ2) is 9.02. The fourth-order valence-electron chi connectivity index (χ4n) is 2.26. The maximum absolute atomic E-state index is 12.5. The van der Waals surface area contributed by atoms with Crippen molar-refractivity contribution in [2.45, 2.75) is 0 Å². The van der Waals surface area contributed by atoms with E-state index in [0.717, 1.165) is 3.57 Å². The van der Waals surface area contributed by atoms with E-state index < -0.39 is 11.8 Å². The van der Waals surface area contributed by atoms with Crippen molar-refractivity contribution in [3.8, 4) is 5.75 Å². The van der Waals surface area contributed by atoms with E-state index in [4.69, 9.17) is 4.42 Å². The molecule has 9 heteroatoms. The molecule has 0 bridgehead atoms. The van der Waals surface area contributed by atoms with Gasteiger partial charge in [0.25, 0.3) is 11.8 Å². The first kappa shape index (κ1) is 20.1. The van der Waals surface area contributed by atoms with Crippen LogP contribution >= 0.6 is 38.5 Å². The summed E-state index contributed by atoms with van der Waals surface area (Å²) in [6.07, 6.45) is 1.34. The van der Waals surface area contributed by atoms with Crippen LogP contribution in [0.5, 0.6) is 5.75 Å². The minimum atomic E-state index is -0.516. The average Bonchev–Trinajstić information content (AvgIpc) is 3.11. The Balaban J connectivity index is 1.73. The van der Waals surface area contributed by atoms with Crippen LogP contribution in [-0.4, -0.2) is 23.1 Å². The highest BCUT2D eigenvalue weighted by Crippen LogP contribution is 2.20. The van der Waals surface area contributed by atoms with Gasteiger partial charge in [0.1, 0.15) is 5.75 Å². The maximum Gasteiger partial charge on any atom is 0.291 e. The molecule has 3 aromatic rings. The van der Waals surface area contributed by atoms with Crippen LogP contribution in [0.3, 0.4) is 0 Å². The van der Waals surface area contributed by atoms with Crippen molar-refractivity contribution >= 4 is 62.2 Å². The van der Waals surface area contributed by atoms with E-state index in [9.17, 15) is 14.7 Å². The summed E-state index contributed by atoms with van der Waals surface area (Å²) in [6, 6.07) is 14.6. The van der Waals surface area contributed by atoms with Gasteiger partial charge in [0.2, 0.25) is 0 Å². The number of phenolic OH excluding ortho intramolecular Hbond substituents is 1. The lowest BCUT2D eigenvalue weighted by atomic mass is 10.1. The number of nitrogens with zero attached hydrogens (tertiary/aromatic N) is 1. The van der Waals surface area contributed by atoms with E-state index in [1.807, 2.05) is 0 Å². The van der Waals surface area contributed by atoms with Crippen molar-refractivity contribution in [1.82, 2.24) is 5.43 Å². The highest BCUT2D eigenvalue weighted by molar-refractivity contribution is 14.1. The summed E-state index contributed by atoms with van der Waals surface area (Å²) in [6.45, 7) is 0. The van der Waals surface area contributed by atoms with E-state index in [1.54, 1.807) is 48.5 Å². The first-order valence-corrected chi connectivity index (χ1v) is 9.79. The Morgan fingerprint density at radius 2 is 1.89 bits per heavy atom. The molecular formula is C19H13BrIN3O4. The van der Waals surface area contributed by atoms with Crippen molar-refractivity contribution in [2.24, 2.45) is 5.10 Å². The summed E-state index contributed by atoms with van der Waals surface area (Å²) in [4.78, 5) is 24.7. The van der Waals surface area contributed by atoms with Crippen LogP contribution in [-0.2, 0) is 0 Å². The number of hydrazone groups is 1. The molecule has 0 aliphatic carbocycles. The Morgan fingerprint density at radius 3 is 2.64 bits per heavy atom. The maximum atomic E-state index is 12.5. The van der Waals surface area contributed by atoms with Gasteiger partial charge in [-0.25, -0.2) is 5.43 Å². The van der Waals surface area contributed by atoms with Gasteiger partial charge in [0.05, 0.1) is 17.5 Å². The summed E-state index contributed by atoms with van der Waals surface area (Å²) in [5.41, 5.74) is 3.39. The molecule has 0 unspecified atom stereocenters. The first-order chi connectivity index (χ1) is 13.4. The van der Waals surface area contributed by atoms with Crippen molar-refractivity contribution in [3.05, 3.63) is 79.7 Å². The molecule has 2 amide bonds. The fraction of sp³-hybridized carbons (Fsp3) is 0. The highest BCUT2D eigenvalue weighted by atomic mass is 127. The third-order valence-electron chi connectivity index (χ3n) is 3.58. The molecule has 0 aliphatic heterocycles. The molecule has 0 atom stereocenters. The van der Waals surface area contributed by atoms with Crippen LogP contribution in [0.1, 0.15) is 26.5 Å². The third kappa shape index (κ3) is 4.98. The van der Waals surface area contributed by atoms with Crippen LogP contribution in [0.4, 0.5) is 5.69 Å². The number of hydrogen-bond donors (Lipinski definition) is 3. The minimum absolute atomic E-state index is 0.0516. The van der Waals surface area contributed by atoms with E-state index in [-0.39, 0.29) is 17.1 Å². The van der Waals surface area contributed by atoms with Gasteiger partial charge in [0.15, 0.2) is 10.4 Å². The Morgan fingerprint density at radius 1 is 1.11 bits per heavy atom. The highest BCUT2D eigenvalue weighted by Gasteiger charge is 2.16. The third-order valence-corrected chi connectivity index (χ3v) is 4.67. The van der Waals surface area contributed by atoms with Gasteiger partial charge in [0, 0.05) is 9.13 Å². The van der Waals surface area contributed by atoms with Crippen molar-refractivity contribution < 1.29 is 19.1 Å². The smallest absolute Gasteiger partial charge is 0.291 e. The summed E-state index contributed by atoms with van der Waals surface area (Å²) < 4.78 is 6.55. The number of nitrogens with one attached hydrogen (secondary N) is 2. The number of anilines is 1. The first-order valence-electron chi connectivity index (χ1n) is 7.91. The molecule has 0 saturated carbocycles. The summed E-state index contributed by atoms with van der Waals surface area (Å²) in [5.74, 6) is -0.846. The van der Waals surface area contributed by atoms with Crippen LogP contribution in [0.25, 0.3) is 0 Å². The Kier molecular flexibility index (Phi) is 6.47. The van der Waals surface area contributed by atoms with E-state index >= 15 is 0 Å².